The highest BCUT2D eigenvalue weighted by molar-refractivity contribution is 5.28. The van der Waals surface area contributed by atoms with Crippen molar-refractivity contribution in [1.82, 2.24) is 0 Å². The SMILES string of the molecule is CC=CC1CCC(c2ccc(CCOC(F)(F)c3ccc(C4CCC(C=CC)CC4)cc3)cc2)CC1. The molecule has 0 aliphatic heterocycles. The molecule has 2 aromatic carbocycles. The van der Waals surface area contributed by atoms with Crippen molar-refractivity contribution >= 4 is 0 Å². The summed E-state index contributed by atoms with van der Waals surface area (Å²) in [7, 11) is 0. The van der Waals surface area contributed by atoms with Gasteiger partial charge >= 0.3 is 6.11 Å². The topological polar surface area (TPSA) is 9.23 Å². The molecular weight excluding hydrogens is 450 g/mol. The Hall–Kier alpha value is -2.26. The van der Waals surface area contributed by atoms with Crippen molar-refractivity contribution in [2.75, 3.05) is 6.61 Å². The maximum Gasteiger partial charge on any atom is 0.383 e. The highest BCUT2D eigenvalue weighted by Crippen LogP contribution is 2.38. The summed E-state index contributed by atoms with van der Waals surface area (Å²) in [4.78, 5) is 0. The van der Waals surface area contributed by atoms with E-state index >= 15 is 0 Å². The first-order valence-electron chi connectivity index (χ1n) is 13.9. The number of benzene rings is 2. The van der Waals surface area contributed by atoms with E-state index in [0.29, 0.717) is 24.2 Å². The van der Waals surface area contributed by atoms with Gasteiger partial charge in [0.05, 0.1) is 12.2 Å². The van der Waals surface area contributed by atoms with Crippen LogP contribution < -0.4 is 0 Å². The molecule has 2 saturated carbocycles. The average Bonchev–Trinajstić information content (AvgIpc) is 2.90. The van der Waals surface area contributed by atoms with E-state index in [0.717, 1.165) is 24.3 Å². The van der Waals surface area contributed by atoms with Gasteiger partial charge in [0.1, 0.15) is 0 Å². The van der Waals surface area contributed by atoms with Gasteiger partial charge < -0.3 is 4.74 Å². The second kappa shape index (κ2) is 12.8. The first-order chi connectivity index (χ1) is 17.5. The smallest absolute Gasteiger partial charge is 0.316 e. The number of rotatable bonds is 9. The Morgan fingerprint density at radius 2 is 1.14 bits per heavy atom. The molecule has 0 unspecified atom stereocenters. The van der Waals surface area contributed by atoms with Crippen molar-refractivity contribution in [2.24, 2.45) is 11.8 Å². The molecule has 1 nitrogen and oxygen atoms in total. The standard InChI is InChI=1S/C33H42F2O/c1-3-5-25-7-13-28(14-8-25)29-17-11-27(12-18-29)23-24-36-33(34,35)32-21-19-31(20-22-32)30-15-9-26(6-4-2)10-16-30/h3-6,11-12,17-22,25-26,28,30H,7-10,13-16,23-24H2,1-2H3. The van der Waals surface area contributed by atoms with Gasteiger partial charge in [-0.1, -0.05) is 72.8 Å². The zero-order valence-corrected chi connectivity index (χ0v) is 22.0. The number of hydrogen-bond acceptors (Lipinski definition) is 1. The summed E-state index contributed by atoms with van der Waals surface area (Å²) >= 11 is 0. The van der Waals surface area contributed by atoms with Crippen molar-refractivity contribution in [2.45, 2.75) is 89.6 Å². The van der Waals surface area contributed by atoms with E-state index in [2.05, 4.69) is 62.4 Å². The first-order valence-corrected chi connectivity index (χ1v) is 13.9. The fraction of sp³-hybridized carbons (Fsp3) is 0.515. The van der Waals surface area contributed by atoms with Crippen LogP contribution in [-0.4, -0.2) is 6.61 Å². The molecule has 2 fully saturated rings. The number of allylic oxidation sites excluding steroid dienone is 4. The van der Waals surface area contributed by atoms with E-state index in [1.54, 1.807) is 12.1 Å². The monoisotopic (exact) mass is 492 g/mol. The zero-order chi connectivity index (χ0) is 25.4. The number of halogens is 2. The molecule has 0 saturated heterocycles. The predicted molar refractivity (Wildman–Crippen MR) is 145 cm³/mol. The van der Waals surface area contributed by atoms with Crippen LogP contribution in [0.25, 0.3) is 0 Å². The van der Waals surface area contributed by atoms with Gasteiger partial charge in [-0.2, -0.15) is 8.78 Å². The molecule has 3 heteroatoms. The van der Waals surface area contributed by atoms with Gasteiger partial charge in [0.15, 0.2) is 0 Å². The third-order valence-electron chi connectivity index (χ3n) is 8.32. The molecule has 36 heavy (non-hydrogen) atoms. The quantitative estimate of drug-likeness (QED) is 0.317. The van der Waals surface area contributed by atoms with Gasteiger partial charge in [0.25, 0.3) is 0 Å². The molecule has 0 aromatic heterocycles. The Morgan fingerprint density at radius 3 is 1.58 bits per heavy atom. The molecule has 0 radical (unpaired) electrons. The maximum atomic E-state index is 14.7. The molecule has 2 aliphatic rings. The van der Waals surface area contributed by atoms with Crippen LogP contribution in [0.2, 0.25) is 0 Å². The minimum absolute atomic E-state index is 0.00246. The third kappa shape index (κ3) is 7.16. The second-order valence-corrected chi connectivity index (χ2v) is 10.8. The lowest BCUT2D eigenvalue weighted by atomic mass is 9.78. The van der Waals surface area contributed by atoms with E-state index in [9.17, 15) is 8.78 Å². The fourth-order valence-corrected chi connectivity index (χ4v) is 6.12. The van der Waals surface area contributed by atoms with Crippen LogP contribution in [0.3, 0.4) is 0 Å². The Morgan fingerprint density at radius 1 is 0.694 bits per heavy atom. The summed E-state index contributed by atoms with van der Waals surface area (Å²) in [5.41, 5.74) is 3.53. The Kier molecular flexibility index (Phi) is 9.53. The highest BCUT2D eigenvalue weighted by Gasteiger charge is 2.33. The van der Waals surface area contributed by atoms with Gasteiger partial charge in [-0.3, -0.25) is 0 Å². The third-order valence-corrected chi connectivity index (χ3v) is 8.32. The second-order valence-electron chi connectivity index (χ2n) is 10.8. The Labute approximate surface area is 216 Å². The highest BCUT2D eigenvalue weighted by atomic mass is 19.3. The summed E-state index contributed by atoms with van der Waals surface area (Å²) in [6, 6.07) is 15.4. The summed E-state index contributed by atoms with van der Waals surface area (Å²) in [6.07, 6.45) is 15.7. The van der Waals surface area contributed by atoms with Crippen molar-refractivity contribution < 1.29 is 13.5 Å². The zero-order valence-electron chi connectivity index (χ0n) is 22.0. The Balaban J connectivity index is 1.24. The van der Waals surface area contributed by atoms with E-state index < -0.39 is 6.11 Å². The molecule has 0 heterocycles. The molecular formula is C33H42F2O. The summed E-state index contributed by atoms with van der Waals surface area (Å²) < 4.78 is 34.5. The van der Waals surface area contributed by atoms with Gasteiger partial charge in [-0.05, 0) is 112 Å². The molecule has 2 aromatic rings. The van der Waals surface area contributed by atoms with Crippen LogP contribution in [0.5, 0.6) is 0 Å². The van der Waals surface area contributed by atoms with Gasteiger partial charge in [-0.25, -0.2) is 0 Å². The molecule has 0 spiro atoms. The predicted octanol–water partition coefficient (Wildman–Crippen LogP) is 9.69. The van der Waals surface area contributed by atoms with E-state index in [4.69, 9.17) is 4.74 Å². The van der Waals surface area contributed by atoms with Crippen molar-refractivity contribution in [3.63, 3.8) is 0 Å². The lowest BCUT2D eigenvalue weighted by Crippen LogP contribution is -2.20. The van der Waals surface area contributed by atoms with E-state index in [1.165, 1.54) is 49.7 Å². The van der Waals surface area contributed by atoms with Crippen LogP contribution in [0.15, 0.2) is 72.8 Å². The summed E-state index contributed by atoms with van der Waals surface area (Å²) in [5, 5.41) is 0. The molecule has 194 valence electrons. The average molecular weight is 493 g/mol. The molecule has 0 atom stereocenters. The minimum atomic E-state index is -3.27. The normalized spacial score (nSPS) is 25.6. The van der Waals surface area contributed by atoms with Crippen LogP contribution in [0, 0.1) is 11.8 Å². The van der Waals surface area contributed by atoms with Crippen LogP contribution in [0.4, 0.5) is 8.78 Å². The van der Waals surface area contributed by atoms with Crippen LogP contribution in [-0.2, 0) is 17.3 Å². The fourth-order valence-electron chi connectivity index (χ4n) is 6.12. The molecule has 4 rings (SSSR count). The van der Waals surface area contributed by atoms with Gasteiger partial charge in [0.2, 0.25) is 0 Å². The van der Waals surface area contributed by atoms with Gasteiger partial charge in [0, 0.05) is 0 Å². The molecule has 0 amide bonds. The van der Waals surface area contributed by atoms with Crippen molar-refractivity contribution in [3.8, 4) is 0 Å². The van der Waals surface area contributed by atoms with E-state index in [-0.39, 0.29) is 12.2 Å². The lowest BCUT2D eigenvalue weighted by Gasteiger charge is -2.27. The largest absolute Gasteiger partial charge is 0.383 e. The van der Waals surface area contributed by atoms with E-state index in [1.807, 2.05) is 12.1 Å². The number of hydrogen-bond donors (Lipinski definition) is 0. The minimum Gasteiger partial charge on any atom is -0.316 e. The molecule has 0 bridgehead atoms. The van der Waals surface area contributed by atoms with Crippen LogP contribution in [0.1, 0.15) is 99.3 Å². The Bertz CT molecular complexity index is 973. The lowest BCUT2D eigenvalue weighted by molar-refractivity contribution is -0.248. The number of ether oxygens (including phenoxy) is 1. The number of alkyl halides is 2. The maximum absolute atomic E-state index is 14.7. The summed E-state index contributed by atoms with van der Waals surface area (Å²) in [6.45, 7) is 4.16. The summed E-state index contributed by atoms with van der Waals surface area (Å²) in [5.74, 6) is 2.49. The molecule has 2 aliphatic carbocycles. The van der Waals surface area contributed by atoms with Crippen LogP contribution >= 0.6 is 0 Å². The van der Waals surface area contributed by atoms with Gasteiger partial charge in [-0.15, -0.1) is 0 Å². The molecule has 0 N–H and O–H groups in total. The first kappa shape index (κ1) is 26.8. The van der Waals surface area contributed by atoms with Crippen molar-refractivity contribution in [3.05, 3.63) is 95.1 Å². The van der Waals surface area contributed by atoms with Crippen molar-refractivity contribution in [1.29, 1.82) is 0 Å².